The first-order valence-electron chi connectivity index (χ1n) is 30.6. The van der Waals surface area contributed by atoms with Gasteiger partial charge in [-0.05, 0) is 200 Å². The number of aryl methyl sites for hydroxylation is 1. The third kappa shape index (κ3) is 7.18. The molecule has 3 nitrogen and oxygen atoms in total. The molecule has 3 aliphatic carbocycles. The van der Waals surface area contributed by atoms with Gasteiger partial charge < -0.3 is 14.7 Å². The van der Waals surface area contributed by atoms with E-state index < -0.39 is 0 Å². The Hall–Kier alpha value is -6.56. The quantitative estimate of drug-likeness (QED) is 0.163. The standard InChI is InChI=1S/C76H80BN3S/c1-46-36-49(70(2,3)4)27-31-61(46)79-64-43-56-54(71(5,6)34-35-72(56,7)8)41-60(64)77-59-42-55-57(74(11,12)45-73(55,9)10)44-63(59)78(50-28-29-53-52-24-18-19-25-67(52)81-68(53)40-50)65-38-51(39-66(79)69(65)77)80-62-30-26-48(47-22-16-15-17-23-47)37-58(62)75(13)32-20-21-33-76(75,80)14/h15-19,22-31,36-44H,20-21,32-35,45H2,1-14H3. The Bertz CT molecular complexity index is 4170. The number of rotatable bonds is 4. The lowest BCUT2D eigenvalue weighted by molar-refractivity contribution is 0.195. The Kier molecular flexibility index (Phi) is 10.7. The molecule has 1 fully saturated rings. The normalized spacial score (nSPS) is 22.2. The van der Waals surface area contributed by atoms with Crippen molar-refractivity contribution in [2.45, 2.75) is 180 Å². The predicted molar refractivity (Wildman–Crippen MR) is 351 cm³/mol. The van der Waals surface area contributed by atoms with Gasteiger partial charge in [-0.15, -0.1) is 11.3 Å². The molecule has 0 N–H and O–H groups in total. The molecule has 6 aliphatic rings. The first kappa shape index (κ1) is 51.3. The van der Waals surface area contributed by atoms with Crippen molar-refractivity contribution < 1.29 is 0 Å². The molecule has 5 heteroatoms. The highest BCUT2D eigenvalue weighted by Crippen LogP contribution is 2.63. The Balaban J connectivity index is 1.09. The molecule has 1 aromatic heterocycles. The minimum absolute atomic E-state index is 0.00506. The Morgan fingerprint density at radius 2 is 1.04 bits per heavy atom. The summed E-state index contributed by atoms with van der Waals surface area (Å²) in [5.74, 6) is 0. The van der Waals surface area contributed by atoms with Gasteiger partial charge in [-0.25, -0.2) is 0 Å². The molecule has 8 aromatic carbocycles. The first-order valence-corrected chi connectivity index (χ1v) is 31.4. The van der Waals surface area contributed by atoms with Gasteiger partial charge in [-0.3, -0.25) is 0 Å². The molecule has 0 spiro atoms. The summed E-state index contributed by atoms with van der Waals surface area (Å²) < 4.78 is 2.67. The van der Waals surface area contributed by atoms with Crippen molar-refractivity contribution in [3.05, 3.63) is 185 Å². The van der Waals surface area contributed by atoms with Crippen LogP contribution in [-0.4, -0.2) is 12.3 Å². The maximum Gasteiger partial charge on any atom is 0.252 e. The minimum Gasteiger partial charge on any atom is -0.334 e. The fraction of sp³-hybridized carbons (Fsp3) is 0.368. The van der Waals surface area contributed by atoms with E-state index in [0.717, 1.165) is 25.7 Å². The molecule has 3 aliphatic heterocycles. The SMILES string of the molecule is Cc1cc(C(C)(C)C)ccc1N1c2cc3c(cc2B2c4cc5c(cc4N(c4ccc6c(c4)sc4ccccc46)c4cc(N6c7ccc(-c8ccccc8)cc7C7(C)CCCCC67C)cc1c42)C(C)(C)CC5(C)C)C(C)(C)CCC3(C)C. The van der Waals surface area contributed by atoms with E-state index in [0.29, 0.717) is 0 Å². The van der Waals surface area contributed by atoms with Crippen LogP contribution in [0.4, 0.5) is 45.5 Å². The zero-order valence-electron chi connectivity index (χ0n) is 50.6. The number of nitrogens with zero attached hydrogens (tertiary/aromatic N) is 3. The fourth-order valence-electron chi connectivity index (χ4n) is 17.3. The number of anilines is 8. The summed E-state index contributed by atoms with van der Waals surface area (Å²) in [7, 11) is 0. The molecule has 408 valence electrons. The molecule has 9 aromatic rings. The van der Waals surface area contributed by atoms with Gasteiger partial charge >= 0.3 is 0 Å². The Labute approximate surface area is 487 Å². The molecule has 2 atom stereocenters. The van der Waals surface area contributed by atoms with E-state index in [2.05, 4.69) is 257 Å². The predicted octanol–water partition coefficient (Wildman–Crippen LogP) is 19.5. The highest BCUT2D eigenvalue weighted by atomic mass is 32.1. The van der Waals surface area contributed by atoms with Crippen molar-refractivity contribution >= 4 is 100 Å². The lowest BCUT2D eigenvalue weighted by atomic mass is 9.33. The van der Waals surface area contributed by atoms with E-state index in [1.807, 2.05) is 11.3 Å². The summed E-state index contributed by atoms with van der Waals surface area (Å²) in [6.45, 7) is 34.7. The van der Waals surface area contributed by atoms with E-state index in [-0.39, 0.29) is 44.7 Å². The molecular formula is C76H80BN3S. The number of benzene rings is 8. The van der Waals surface area contributed by atoms with Crippen LogP contribution in [0.5, 0.6) is 0 Å². The molecule has 4 heterocycles. The number of hydrogen-bond acceptors (Lipinski definition) is 4. The molecule has 1 saturated carbocycles. The zero-order chi connectivity index (χ0) is 56.3. The minimum atomic E-state index is -0.177. The summed E-state index contributed by atoms with van der Waals surface area (Å²) in [6, 6.07) is 58.6. The van der Waals surface area contributed by atoms with Crippen LogP contribution in [-0.2, 0) is 32.5 Å². The van der Waals surface area contributed by atoms with Crippen LogP contribution in [0.25, 0.3) is 31.3 Å². The van der Waals surface area contributed by atoms with Gasteiger partial charge in [0.2, 0.25) is 0 Å². The van der Waals surface area contributed by atoms with Gasteiger partial charge in [-0.2, -0.15) is 0 Å². The van der Waals surface area contributed by atoms with Crippen LogP contribution in [0, 0.1) is 6.92 Å². The van der Waals surface area contributed by atoms with E-state index in [1.54, 1.807) is 0 Å². The van der Waals surface area contributed by atoms with Crippen LogP contribution in [0.3, 0.4) is 0 Å². The highest BCUT2D eigenvalue weighted by molar-refractivity contribution is 7.25. The van der Waals surface area contributed by atoms with E-state index in [1.165, 1.54) is 151 Å². The van der Waals surface area contributed by atoms with Gasteiger partial charge in [0.25, 0.3) is 6.71 Å². The Morgan fingerprint density at radius 3 is 1.73 bits per heavy atom. The Morgan fingerprint density at radius 1 is 0.444 bits per heavy atom. The van der Waals surface area contributed by atoms with Gasteiger partial charge in [0.1, 0.15) is 0 Å². The molecule has 0 amide bonds. The van der Waals surface area contributed by atoms with Crippen LogP contribution in [0.15, 0.2) is 146 Å². The van der Waals surface area contributed by atoms with Gasteiger partial charge in [0.05, 0.1) is 5.54 Å². The van der Waals surface area contributed by atoms with Crippen molar-refractivity contribution in [3.8, 4) is 11.1 Å². The third-order valence-electron chi connectivity index (χ3n) is 21.9. The van der Waals surface area contributed by atoms with Crippen molar-refractivity contribution in [2.24, 2.45) is 0 Å². The maximum absolute atomic E-state index is 2.86. The topological polar surface area (TPSA) is 9.72 Å². The van der Waals surface area contributed by atoms with Crippen molar-refractivity contribution in [1.82, 2.24) is 0 Å². The summed E-state index contributed by atoms with van der Waals surface area (Å²) >= 11 is 1.93. The van der Waals surface area contributed by atoms with Crippen LogP contribution in [0.1, 0.15) is 174 Å². The molecule has 0 bridgehead atoms. The molecule has 81 heavy (non-hydrogen) atoms. The molecule has 0 radical (unpaired) electrons. The van der Waals surface area contributed by atoms with Crippen LogP contribution >= 0.6 is 11.3 Å². The second kappa shape index (κ2) is 16.8. The fourth-order valence-corrected chi connectivity index (χ4v) is 18.5. The van der Waals surface area contributed by atoms with Gasteiger partial charge in [0.15, 0.2) is 0 Å². The first-order chi connectivity index (χ1) is 38.4. The summed E-state index contributed by atoms with van der Waals surface area (Å²) in [5.41, 5.74) is 27.3. The van der Waals surface area contributed by atoms with Crippen LogP contribution < -0.4 is 31.1 Å². The maximum atomic E-state index is 2.86. The highest BCUT2D eigenvalue weighted by Gasteiger charge is 2.59. The van der Waals surface area contributed by atoms with Crippen LogP contribution in [0.2, 0.25) is 0 Å². The number of thiophene rings is 1. The lowest BCUT2D eigenvalue weighted by Crippen LogP contribution is -2.62. The van der Waals surface area contributed by atoms with Gasteiger partial charge in [-0.1, -0.05) is 181 Å². The monoisotopic (exact) mass is 1080 g/mol. The molecule has 15 rings (SSSR count). The van der Waals surface area contributed by atoms with Crippen molar-refractivity contribution in [3.63, 3.8) is 0 Å². The summed E-state index contributed by atoms with van der Waals surface area (Å²) in [4.78, 5) is 8.38. The summed E-state index contributed by atoms with van der Waals surface area (Å²) in [5, 5.41) is 2.67. The van der Waals surface area contributed by atoms with Gasteiger partial charge in [0, 0.05) is 71.1 Å². The number of hydrogen-bond donors (Lipinski definition) is 0. The van der Waals surface area contributed by atoms with E-state index >= 15 is 0 Å². The second-order valence-electron chi connectivity index (χ2n) is 29.9. The lowest BCUT2D eigenvalue weighted by Gasteiger charge is -2.51. The second-order valence-corrected chi connectivity index (χ2v) is 31.0. The van der Waals surface area contributed by atoms with Crippen molar-refractivity contribution in [2.75, 3.05) is 14.7 Å². The molecular weight excluding hydrogens is 998 g/mol. The smallest absolute Gasteiger partial charge is 0.252 e. The van der Waals surface area contributed by atoms with Crippen molar-refractivity contribution in [1.29, 1.82) is 0 Å². The van der Waals surface area contributed by atoms with E-state index in [4.69, 9.17) is 0 Å². The molecule has 2 unspecified atom stereocenters. The average Bonchev–Trinajstić information content (AvgIpc) is 2.93. The zero-order valence-corrected chi connectivity index (χ0v) is 51.4. The van der Waals surface area contributed by atoms with E-state index in [9.17, 15) is 0 Å². The average molecular weight is 1080 g/mol. The summed E-state index contributed by atoms with van der Waals surface area (Å²) in [6.07, 6.45) is 8.17. The molecule has 0 saturated heterocycles. The number of fused-ring (bicyclic) bond motifs is 12. The third-order valence-corrected chi connectivity index (χ3v) is 23.0. The largest absolute Gasteiger partial charge is 0.334 e.